The summed E-state index contributed by atoms with van der Waals surface area (Å²) in [5, 5.41) is 0. The minimum absolute atomic E-state index is 0.771. The lowest BCUT2D eigenvalue weighted by Gasteiger charge is -2.35. The molecule has 0 amide bonds. The number of benzene rings is 1. The zero-order valence-electron chi connectivity index (χ0n) is 16.6. The zero-order valence-corrected chi connectivity index (χ0v) is 16.6. The fourth-order valence-electron chi connectivity index (χ4n) is 3.71. The first-order valence-electron chi connectivity index (χ1n) is 10.2. The van der Waals surface area contributed by atoms with E-state index in [2.05, 4.69) is 68.2 Å². The van der Waals surface area contributed by atoms with Gasteiger partial charge in [-0.1, -0.05) is 42.5 Å². The number of aromatic nitrogens is 2. The lowest BCUT2D eigenvalue weighted by Crippen LogP contribution is -2.46. The molecule has 0 aliphatic carbocycles. The van der Waals surface area contributed by atoms with E-state index in [4.69, 9.17) is 9.72 Å². The predicted molar refractivity (Wildman–Crippen MR) is 114 cm³/mol. The van der Waals surface area contributed by atoms with Gasteiger partial charge in [-0.05, 0) is 12.5 Å². The Morgan fingerprint density at radius 2 is 1.54 bits per heavy atom. The molecule has 6 heteroatoms. The van der Waals surface area contributed by atoms with Gasteiger partial charge in [-0.3, -0.25) is 4.90 Å². The van der Waals surface area contributed by atoms with Gasteiger partial charge in [0.15, 0.2) is 0 Å². The van der Waals surface area contributed by atoms with Gasteiger partial charge in [-0.15, -0.1) is 0 Å². The summed E-state index contributed by atoms with van der Waals surface area (Å²) in [7, 11) is 0. The van der Waals surface area contributed by atoms with Crippen molar-refractivity contribution in [1.29, 1.82) is 0 Å². The van der Waals surface area contributed by atoms with Crippen LogP contribution in [-0.2, 0) is 4.74 Å². The molecular weight excluding hydrogens is 350 g/mol. The average Bonchev–Trinajstić information content (AvgIpc) is 2.75. The van der Waals surface area contributed by atoms with Gasteiger partial charge in [0.25, 0.3) is 0 Å². The highest BCUT2D eigenvalue weighted by atomic mass is 16.5. The summed E-state index contributed by atoms with van der Waals surface area (Å²) < 4.78 is 5.46. The van der Waals surface area contributed by atoms with E-state index in [1.54, 1.807) is 0 Å². The number of hydrogen-bond donors (Lipinski definition) is 0. The number of aryl methyl sites for hydroxylation is 1. The number of rotatable bonds is 5. The average molecular weight is 380 g/mol. The number of anilines is 2. The molecule has 148 valence electrons. The van der Waals surface area contributed by atoms with E-state index in [0.717, 1.165) is 76.5 Å². The number of ether oxygens (including phenoxy) is 1. The summed E-state index contributed by atoms with van der Waals surface area (Å²) in [6.45, 7) is 10.4. The molecule has 6 nitrogen and oxygen atoms in total. The Kier molecular flexibility index (Phi) is 6.19. The molecule has 1 aromatic heterocycles. The van der Waals surface area contributed by atoms with E-state index in [1.807, 2.05) is 6.92 Å². The van der Waals surface area contributed by atoms with Crippen molar-refractivity contribution in [1.82, 2.24) is 14.9 Å². The highest BCUT2D eigenvalue weighted by Gasteiger charge is 2.20. The van der Waals surface area contributed by atoms with Crippen LogP contribution >= 0.6 is 0 Å². The molecule has 0 radical (unpaired) electrons. The van der Waals surface area contributed by atoms with E-state index >= 15 is 0 Å². The number of nitrogens with zero attached hydrogens (tertiary/aromatic N) is 5. The molecule has 1 aromatic carbocycles. The molecule has 2 aliphatic heterocycles. The van der Waals surface area contributed by atoms with Crippen molar-refractivity contribution < 1.29 is 4.74 Å². The quantitative estimate of drug-likeness (QED) is 0.795. The Hall–Kier alpha value is -2.44. The lowest BCUT2D eigenvalue weighted by atomic mass is 10.2. The molecule has 0 unspecified atom stereocenters. The zero-order chi connectivity index (χ0) is 19.2. The summed E-state index contributed by atoms with van der Waals surface area (Å²) in [4.78, 5) is 16.5. The van der Waals surface area contributed by atoms with Crippen LogP contribution in [0.5, 0.6) is 0 Å². The smallest absolute Gasteiger partial charge is 0.134 e. The fourth-order valence-corrected chi connectivity index (χ4v) is 3.71. The molecule has 2 saturated heterocycles. The number of hydrogen-bond acceptors (Lipinski definition) is 6. The van der Waals surface area contributed by atoms with Crippen LogP contribution in [0.1, 0.15) is 11.4 Å². The van der Waals surface area contributed by atoms with Gasteiger partial charge in [0.1, 0.15) is 17.5 Å². The first-order chi connectivity index (χ1) is 13.8. The van der Waals surface area contributed by atoms with Crippen molar-refractivity contribution >= 4 is 17.7 Å². The molecule has 2 aliphatic rings. The van der Waals surface area contributed by atoms with E-state index in [9.17, 15) is 0 Å². The van der Waals surface area contributed by atoms with E-state index in [0.29, 0.717) is 0 Å². The van der Waals surface area contributed by atoms with Crippen LogP contribution in [0.25, 0.3) is 6.08 Å². The summed E-state index contributed by atoms with van der Waals surface area (Å²) in [5.74, 6) is 2.92. The minimum atomic E-state index is 0.771. The molecule has 0 spiro atoms. The predicted octanol–water partition coefficient (Wildman–Crippen LogP) is 2.46. The molecule has 2 fully saturated rings. The Morgan fingerprint density at radius 3 is 2.21 bits per heavy atom. The molecule has 0 bridgehead atoms. The fraction of sp³-hybridized carbons (Fsp3) is 0.455. The highest BCUT2D eigenvalue weighted by Crippen LogP contribution is 2.21. The van der Waals surface area contributed by atoms with Crippen LogP contribution in [0.4, 0.5) is 11.6 Å². The molecule has 0 atom stereocenters. The van der Waals surface area contributed by atoms with Gasteiger partial charge < -0.3 is 14.5 Å². The lowest BCUT2D eigenvalue weighted by molar-refractivity contribution is 0.122. The maximum atomic E-state index is 5.46. The third kappa shape index (κ3) is 4.88. The normalized spacial score (nSPS) is 18.8. The second-order valence-electron chi connectivity index (χ2n) is 7.33. The van der Waals surface area contributed by atoms with Gasteiger partial charge in [0, 0.05) is 51.9 Å². The first-order valence-corrected chi connectivity index (χ1v) is 10.2. The molecule has 4 rings (SSSR count). The summed E-state index contributed by atoms with van der Waals surface area (Å²) >= 11 is 0. The molecule has 0 saturated carbocycles. The third-order valence-corrected chi connectivity index (χ3v) is 5.32. The van der Waals surface area contributed by atoms with Crippen molar-refractivity contribution in [2.45, 2.75) is 6.92 Å². The maximum absolute atomic E-state index is 5.46. The van der Waals surface area contributed by atoms with E-state index in [-0.39, 0.29) is 0 Å². The van der Waals surface area contributed by atoms with E-state index < -0.39 is 0 Å². The van der Waals surface area contributed by atoms with Gasteiger partial charge in [-0.2, -0.15) is 0 Å². The SMILES string of the molecule is Cc1nc(N2CCOCC2)cc(N2CCN(C/C=C/c3ccccc3)CC2)n1. The topological polar surface area (TPSA) is 44.7 Å². The summed E-state index contributed by atoms with van der Waals surface area (Å²) in [6, 6.07) is 12.6. The van der Waals surface area contributed by atoms with Crippen molar-refractivity contribution in [3.05, 3.63) is 53.9 Å². The molecule has 2 aromatic rings. The minimum Gasteiger partial charge on any atom is -0.378 e. The van der Waals surface area contributed by atoms with Gasteiger partial charge >= 0.3 is 0 Å². The van der Waals surface area contributed by atoms with E-state index in [1.165, 1.54) is 5.56 Å². The van der Waals surface area contributed by atoms with Crippen LogP contribution in [0, 0.1) is 6.92 Å². The monoisotopic (exact) mass is 379 g/mol. The van der Waals surface area contributed by atoms with Crippen molar-refractivity contribution in [2.75, 3.05) is 68.8 Å². The number of morpholine rings is 1. The first kappa shape index (κ1) is 18.9. The number of piperazine rings is 1. The second kappa shape index (κ2) is 9.17. The highest BCUT2D eigenvalue weighted by molar-refractivity contribution is 5.52. The Labute approximate surface area is 167 Å². The molecule has 28 heavy (non-hydrogen) atoms. The largest absolute Gasteiger partial charge is 0.378 e. The molecular formula is C22H29N5O. The van der Waals surface area contributed by atoms with Crippen molar-refractivity contribution in [3.63, 3.8) is 0 Å². The van der Waals surface area contributed by atoms with Crippen LogP contribution in [-0.4, -0.2) is 73.9 Å². The maximum Gasteiger partial charge on any atom is 0.134 e. The standard InChI is InChI=1S/C22H29N5O/c1-19-23-21(18-22(24-19)27-14-16-28-17-15-27)26-12-10-25(11-13-26)9-5-8-20-6-3-2-4-7-20/h2-8,18H,9-17H2,1H3/b8-5+. The molecule has 0 N–H and O–H groups in total. The van der Waals surface area contributed by atoms with Crippen LogP contribution < -0.4 is 9.80 Å². The van der Waals surface area contributed by atoms with Crippen LogP contribution in [0.3, 0.4) is 0 Å². The summed E-state index contributed by atoms with van der Waals surface area (Å²) in [6.07, 6.45) is 4.46. The Morgan fingerprint density at radius 1 is 0.893 bits per heavy atom. The third-order valence-electron chi connectivity index (χ3n) is 5.32. The Bertz CT molecular complexity index is 781. The van der Waals surface area contributed by atoms with Gasteiger partial charge in [0.05, 0.1) is 13.2 Å². The van der Waals surface area contributed by atoms with Gasteiger partial charge in [0.2, 0.25) is 0 Å². The second-order valence-corrected chi connectivity index (χ2v) is 7.33. The Balaban J connectivity index is 1.33. The van der Waals surface area contributed by atoms with Gasteiger partial charge in [-0.25, -0.2) is 9.97 Å². The van der Waals surface area contributed by atoms with Crippen LogP contribution in [0.2, 0.25) is 0 Å². The molecule has 3 heterocycles. The van der Waals surface area contributed by atoms with Crippen LogP contribution in [0.15, 0.2) is 42.5 Å². The summed E-state index contributed by atoms with van der Waals surface area (Å²) in [5.41, 5.74) is 1.26. The van der Waals surface area contributed by atoms with Crippen molar-refractivity contribution in [3.8, 4) is 0 Å². The van der Waals surface area contributed by atoms with Crippen molar-refractivity contribution in [2.24, 2.45) is 0 Å².